The molecule has 4 rings (SSSR count). The fraction of sp³-hybridized carbons (Fsp3) is 0.357. The molecule has 1 aliphatic rings. The highest BCUT2D eigenvalue weighted by atomic mass is 15.4. The molecule has 0 amide bonds. The van der Waals surface area contributed by atoms with Crippen molar-refractivity contribution in [2.75, 3.05) is 18.4 Å². The van der Waals surface area contributed by atoms with Crippen LogP contribution < -0.4 is 10.6 Å². The number of H-pyrrole nitrogens is 1. The maximum Gasteiger partial charge on any atom is 0.243 e. The largest absolute Gasteiger partial charge is 0.349 e. The second-order valence-corrected chi connectivity index (χ2v) is 5.36. The lowest BCUT2D eigenvalue weighted by Gasteiger charge is -2.07. The number of nitrogens with one attached hydrogen (secondary N) is 3. The predicted octanol–water partition coefficient (Wildman–Crippen LogP) is 1.20. The number of anilines is 1. The van der Waals surface area contributed by atoms with E-state index in [0.29, 0.717) is 12.0 Å². The number of hydrogen-bond donors (Lipinski definition) is 3. The van der Waals surface area contributed by atoms with Gasteiger partial charge in [0.1, 0.15) is 0 Å². The van der Waals surface area contributed by atoms with E-state index in [1.807, 2.05) is 29.9 Å². The first-order valence-corrected chi connectivity index (χ1v) is 7.14. The molecule has 1 atom stereocenters. The highest BCUT2D eigenvalue weighted by Crippen LogP contribution is 2.23. The summed E-state index contributed by atoms with van der Waals surface area (Å²) in [6, 6.07) is 4.46. The topological polar surface area (TPSA) is 82.9 Å². The zero-order valence-electron chi connectivity index (χ0n) is 11.8. The second kappa shape index (κ2) is 4.85. The summed E-state index contributed by atoms with van der Waals surface area (Å²) in [5.41, 5.74) is 4.07. The van der Waals surface area contributed by atoms with Crippen molar-refractivity contribution in [1.29, 1.82) is 0 Å². The highest BCUT2D eigenvalue weighted by molar-refractivity contribution is 5.67. The van der Waals surface area contributed by atoms with Crippen molar-refractivity contribution < 1.29 is 0 Å². The molecule has 3 N–H and O–H groups in total. The molecule has 3 aromatic rings. The molecule has 1 fully saturated rings. The SMILES string of the molecule is Cc1c(-c2cn[nH]c2)ccc2nc(NC3CCNC3)nn12. The molecule has 7 nitrogen and oxygen atoms in total. The van der Waals surface area contributed by atoms with Gasteiger partial charge in [-0.15, -0.1) is 5.10 Å². The Labute approximate surface area is 121 Å². The van der Waals surface area contributed by atoms with Crippen LogP contribution >= 0.6 is 0 Å². The van der Waals surface area contributed by atoms with E-state index in [1.54, 1.807) is 0 Å². The van der Waals surface area contributed by atoms with E-state index in [0.717, 1.165) is 42.0 Å². The summed E-state index contributed by atoms with van der Waals surface area (Å²) >= 11 is 0. The Kier molecular flexibility index (Phi) is 2.85. The van der Waals surface area contributed by atoms with Gasteiger partial charge in [0, 0.05) is 35.6 Å². The van der Waals surface area contributed by atoms with E-state index in [2.05, 4.69) is 37.0 Å². The molecule has 0 spiro atoms. The molecule has 0 bridgehead atoms. The van der Waals surface area contributed by atoms with Gasteiger partial charge < -0.3 is 10.6 Å². The van der Waals surface area contributed by atoms with E-state index >= 15 is 0 Å². The van der Waals surface area contributed by atoms with E-state index in [4.69, 9.17) is 0 Å². The maximum absolute atomic E-state index is 4.58. The third kappa shape index (κ3) is 2.15. The van der Waals surface area contributed by atoms with Gasteiger partial charge in [0.25, 0.3) is 0 Å². The second-order valence-electron chi connectivity index (χ2n) is 5.36. The molecule has 1 saturated heterocycles. The number of hydrogen-bond acceptors (Lipinski definition) is 5. The van der Waals surface area contributed by atoms with Gasteiger partial charge in [0.15, 0.2) is 5.65 Å². The number of pyridine rings is 1. The first kappa shape index (κ1) is 12.3. The Morgan fingerprint density at radius 1 is 1.38 bits per heavy atom. The van der Waals surface area contributed by atoms with Crippen LogP contribution in [-0.2, 0) is 0 Å². The van der Waals surface area contributed by atoms with Crippen LogP contribution in [0.25, 0.3) is 16.8 Å². The smallest absolute Gasteiger partial charge is 0.243 e. The average molecular weight is 283 g/mol. The summed E-state index contributed by atoms with van der Waals surface area (Å²) in [6.07, 6.45) is 4.80. The summed E-state index contributed by atoms with van der Waals surface area (Å²) < 4.78 is 1.88. The van der Waals surface area contributed by atoms with Gasteiger partial charge in [-0.1, -0.05) is 0 Å². The Hall–Kier alpha value is -2.41. The van der Waals surface area contributed by atoms with Crippen LogP contribution in [-0.4, -0.2) is 43.9 Å². The van der Waals surface area contributed by atoms with Crippen LogP contribution in [0.1, 0.15) is 12.1 Å². The zero-order valence-corrected chi connectivity index (χ0v) is 11.8. The van der Waals surface area contributed by atoms with Crippen LogP contribution in [0.15, 0.2) is 24.5 Å². The molecule has 4 heterocycles. The molecule has 7 heteroatoms. The first-order valence-electron chi connectivity index (χ1n) is 7.14. The maximum atomic E-state index is 4.58. The van der Waals surface area contributed by atoms with E-state index in [-0.39, 0.29) is 0 Å². The van der Waals surface area contributed by atoms with Crippen molar-refractivity contribution in [3.05, 3.63) is 30.2 Å². The number of aromatic amines is 1. The monoisotopic (exact) mass is 283 g/mol. The third-order valence-corrected chi connectivity index (χ3v) is 3.94. The van der Waals surface area contributed by atoms with E-state index in [1.165, 1.54) is 0 Å². The molecule has 1 aliphatic heterocycles. The standard InChI is InChI=1S/C14H17N7/c1-9-12(10-6-16-17-7-10)2-3-13-19-14(20-21(9)13)18-11-4-5-15-8-11/h2-3,6-7,11,15H,4-5,8H2,1H3,(H,16,17)(H,18,20). The Balaban J connectivity index is 1.72. The molecular formula is C14H17N7. The van der Waals surface area contributed by atoms with Gasteiger partial charge in [-0.2, -0.15) is 10.1 Å². The third-order valence-electron chi connectivity index (χ3n) is 3.94. The Bertz CT molecular complexity index is 753. The molecule has 0 radical (unpaired) electrons. The average Bonchev–Trinajstić information content (AvgIpc) is 3.19. The minimum atomic E-state index is 0.413. The van der Waals surface area contributed by atoms with Gasteiger partial charge in [0.05, 0.1) is 6.20 Å². The highest BCUT2D eigenvalue weighted by Gasteiger charge is 2.17. The quantitative estimate of drug-likeness (QED) is 0.673. The molecule has 3 aromatic heterocycles. The van der Waals surface area contributed by atoms with Crippen LogP contribution in [0.5, 0.6) is 0 Å². The van der Waals surface area contributed by atoms with Crippen molar-refractivity contribution in [3.8, 4) is 11.1 Å². The number of aryl methyl sites for hydroxylation is 1. The fourth-order valence-electron chi connectivity index (χ4n) is 2.80. The van der Waals surface area contributed by atoms with E-state index < -0.39 is 0 Å². The fourth-order valence-corrected chi connectivity index (χ4v) is 2.80. The van der Waals surface area contributed by atoms with Crippen molar-refractivity contribution in [2.24, 2.45) is 0 Å². The number of aromatic nitrogens is 5. The lowest BCUT2D eigenvalue weighted by Crippen LogP contribution is -2.22. The molecule has 0 aromatic carbocycles. The van der Waals surface area contributed by atoms with E-state index in [9.17, 15) is 0 Å². The molecule has 108 valence electrons. The van der Waals surface area contributed by atoms with Crippen molar-refractivity contribution in [3.63, 3.8) is 0 Å². The minimum Gasteiger partial charge on any atom is -0.349 e. The first-order chi connectivity index (χ1) is 10.3. The van der Waals surface area contributed by atoms with Gasteiger partial charge in [-0.25, -0.2) is 4.52 Å². The van der Waals surface area contributed by atoms with Crippen LogP contribution in [0.4, 0.5) is 5.95 Å². The normalized spacial score (nSPS) is 18.4. The summed E-state index contributed by atoms with van der Waals surface area (Å²) in [4.78, 5) is 4.55. The lowest BCUT2D eigenvalue weighted by atomic mass is 10.1. The molecule has 0 saturated carbocycles. The number of nitrogens with zero attached hydrogens (tertiary/aromatic N) is 4. The van der Waals surface area contributed by atoms with Crippen molar-refractivity contribution in [2.45, 2.75) is 19.4 Å². The number of fused-ring (bicyclic) bond motifs is 1. The van der Waals surface area contributed by atoms with Gasteiger partial charge in [-0.05, 0) is 32.0 Å². The van der Waals surface area contributed by atoms with Crippen molar-refractivity contribution >= 4 is 11.6 Å². The van der Waals surface area contributed by atoms with Gasteiger partial charge in [-0.3, -0.25) is 5.10 Å². The Morgan fingerprint density at radius 3 is 3.10 bits per heavy atom. The lowest BCUT2D eigenvalue weighted by molar-refractivity contribution is 0.777. The molecule has 0 aliphatic carbocycles. The van der Waals surface area contributed by atoms with Crippen LogP contribution in [0, 0.1) is 6.92 Å². The zero-order chi connectivity index (χ0) is 14.2. The number of rotatable bonds is 3. The van der Waals surface area contributed by atoms with Gasteiger partial charge >= 0.3 is 0 Å². The summed E-state index contributed by atoms with van der Waals surface area (Å²) in [5, 5.41) is 18.1. The van der Waals surface area contributed by atoms with Crippen LogP contribution in [0.2, 0.25) is 0 Å². The molecule has 21 heavy (non-hydrogen) atoms. The van der Waals surface area contributed by atoms with Gasteiger partial charge in [0.2, 0.25) is 5.95 Å². The molecular weight excluding hydrogens is 266 g/mol. The summed E-state index contributed by atoms with van der Waals surface area (Å²) in [6.45, 7) is 4.06. The minimum absolute atomic E-state index is 0.413. The van der Waals surface area contributed by atoms with Crippen molar-refractivity contribution in [1.82, 2.24) is 30.1 Å². The summed E-state index contributed by atoms with van der Waals surface area (Å²) in [5.74, 6) is 0.691. The molecule has 1 unspecified atom stereocenters. The predicted molar refractivity (Wildman–Crippen MR) is 80.2 cm³/mol. The van der Waals surface area contributed by atoms with Crippen LogP contribution in [0.3, 0.4) is 0 Å². The Morgan fingerprint density at radius 2 is 2.33 bits per heavy atom. The summed E-state index contributed by atoms with van der Waals surface area (Å²) in [7, 11) is 0.